The highest BCUT2D eigenvalue weighted by Crippen LogP contribution is 2.33. The van der Waals surface area contributed by atoms with Gasteiger partial charge in [0.2, 0.25) is 0 Å². The summed E-state index contributed by atoms with van der Waals surface area (Å²) in [5.41, 5.74) is 2.41. The largest absolute Gasteiger partial charge is 0.504 e. The number of nitrogens with one attached hydrogen (secondary N) is 1. The molecule has 0 atom stereocenters. The lowest BCUT2D eigenvalue weighted by Crippen LogP contribution is -2.08. The number of H-pyrrole nitrogens is 1. The molecule has 0 fully saturated rings. The minimum absolute atomic E-state index is 0.180. The highest BCUT2D eigenvalue weighted by Gasteiger charge is 2.12. The first-order chi connectivity index (χ1) is 11.6. The van der Waals surface area contributed by atoms with E-state index in [9.17, 15) is 15.0 Å². The van der Waals surface area contributed by atoms with Gasteiger partial charge < -0.3 is 15.2 Å². The van der Waals surface area contributed by atoms with Crippen LogP contribution in [0.1, 0.15) is 0 Å². The number of phenols is 2. The summed E-state index contributed by atoms with van der Waals surface area (Å²) in [5, 5.41) is 22.4. The maximum atomic E-state index is 12.3. The number of hydrogen-bond acceptors (Lipinski definition) is 5. The fraction of sp³-hybridized carbons (Fsp3) is 0. The molecule has 0 saturated heterocycles. The Balaban J connectivity index is 1.81. The van der Waals surface area contributed by atoms with Gasteiger partial charge in [0.1, 0.15) is 5.01 Å². The first-order valence-electron chi connectivity index (χ1n) is 7.22. The second-order valence-corrected chi connectivity index (χ2v) is 6.20. The van der Waals surface area contributed by atoms with Gasteiger partial charge in [0.25, 0.3) is 5.56 Å². The first-order valence-corrected chi connectivity index (χ1v) is 8.10. The van der Waals surface area contributed by atoms with E-state index in [2.05, 4.69) is 9.97 Å². The molecule has 0 radical (unpaired) electrons. The third-order valence-corrected chi connectivity index (χ3v) is 4.63. The predicted octanol–water partition coefficient (Wildman–Crippen LogP) is 3.73. The number of thiazole rings is 1. The Morgan fingerprint density at radius 3 is 2.67 bits per heavy atom. The van der Waals surface area contributed by atoms with Gasteiger partial charge in [0.15, 0.2) is 11.5 Å². The predicted molar refractivity (Wildman–Crippen MR) is 94.4 cm³/mol. The molecule has 0 spiro atoms. The van der Waals surface area contributed by atoms with Crippen molar-refractivity contribution in [3.05, 3.63) is 64.3 Å². The van der Waals surface area contributed by atoms with Crippen molar-refractivity contribution in [1.29, 1.82) is 0 Å². The summed E-state index contributed by atoms with van der Waals surface area (Å²) in [6.45, 7) is 0. The molecule has 2 aromatic carbocycles. The Bertz CT molecular complexity index is 1110. The number of rotatable bonds is 2. The molecule has 0 unspecified atom stereocenters. The van der Waals surface area contributed by atoms with Crippen LogP contribution in [0.2, 0.25) is 0 Å². The number of nitrogens with zero attached hydrogens (tertiary/aromatic N) is 1. The minimum Gasteiger partial charge on any atom is -0.504 e. The normalized spacial score (nSPS) is 11.0. The van der Waals surface area contributed by atoms with Gasteiger partial charge in [-0.1, -0.05) is 18.2 Å². The summed E-state index contributed by atoms with van der Waals surface area (Å²) in [4.78, 5) is 19.7. The Kier molecular flexibility index (Phi) is 3.32. The number of aromatic nitrogens is 2. The molecule has 0 amide bonds. The average molecular weight is 336 g/mol. The van der Waals surface area contributed by atoms with E-state index in [1.807, 2.05) is 35.7 Å². The third kappa shape index (κ3) is 2.43. The summed E-state index contributed by atoms with van der Waals surface area (Å²) in [6, 6.07) is 13.9. The number of phenolic OH excluding ortho intramolecular Hbond substituents is 2. The molecule has 4 aromatic rings. The molecule has 0 aliphatic rings. The van der Waals surface area contributed by atoms with E-state index in [0.717, 1.165) is 10.9 Å². The second kappa shape index (κ2) is 5.50. The molecule has 0 bridgehead atoms. The number of aromatic amines is 1. The fourth-order valence-corrected chi connectivity index (χ4v) is 3.36. The third-order valence-electron chi connectivity index (χ3n) is 3.76. The molecule has 6 heteroatoms. The monoisotopic (exact) mass is 336 g/mol. The number of hydrogen-bond donors (Lipinski definition) is 3. The molecule has 24 heavy (non-hydrogen) atoms. The lowest BCUT2D eigenvalue weighted by molar-refractivity contribution is 0.404. The fourth-order valence-electron chi connectivity index (χ4n) is 2.52. The van der Waals surface area contributed by atoms with Gasteiger partial charge in [-0.05, 0) is 35.7 Å². The van der Waals surface area contributed by atoms with Crippen LogP contribution < -0.4 is 5.56 Å². The number of para-hydroxylation sites is 1. The summed E-state index contributed by atoms with van der Waals surface area (Å²) in [5.74, 6) is -0.384. The maximum absolute atomic E-state index is 12.3. The van der Waals surface area contributed by atoms with Gasteiger partial charge in [-0.3, -0.25) is 4.79 Å². The zero-order valence-electron chi connectivity index (χ0n) is 12.4. The van der Waals surface area contributed by atoms with Gasteiger partial charge in [0, 0.05) is 16.5 Å². The zero-order chi connectivity index (χ0) is 16.7. The van der Waals surface area contributed by atoms with Gasteiger partial charge in [-0.25, -0.2) is 4.98 Å². The molecule has 0 saturated carbocycles. The van der Waals surface area contributed by atoms with E-state index in [-0.39, 0.29) is 17.1 Å². The summed E-state index contributed by atoms with van der Waals surface area (Å²) in [7, 11) is 0. The van der Waals surface area contributed by atoms with Crippen molar-refractivity contribution in [2.45, 2.75) is 0 Å². The topological polar surface area (TPSA) is 86.2 Å². The van der Waals surface area contributed by atoms with Crippen LogP contribution in [-0.2, 0) is 0 Å². The molecule has 2 aromatic heterocycles. The van der Waals surface area contributed by atoms with Crippen molar-refractivity contribution in [2.24, 2.45) is 0 Å². The van der Waals surface area contributed by atoms with Crippen molar-refractivity contribution in [1.82, 2.24) is 9.97 Å². The number of benzene rings is 2. The first kappa shape index (κ1) is 14.5. The van der Waals surface area contributed by atoms with Gasteiger partial charge >= 0.3 is 0 Å². The van der Waals surface area contributed by atoms with Crippen molar-refractivity contribution >= 4 is 22.2 Å². The lowest BCUT2D eigenvalue weighted by atomic mass is 10.1. The van der Waals surface area contributed by atoms with E-state index < -0.39 is 0 Å². The quantitative estimate of drug-likeness (QED) is 0.487. The van der Waals surface area contributed by atoms with Crippen LogP contribution in [0.5, 0.6) is 11.5 Å². The van der Waals surface area contributed by atoms with Crippen LogP contribution in [0.15, 0.2) is 58.7 Å². The standard InChI is InChI=1S/C18H12N2O3S/c21-15-6-5-11(8-16(15)22)14-9-24-18(20-14)12-7-10-3-1-2-4-13(10)19-17(12)23/h1-9,21-22H,(H,19,23). The van der Waals surface area contributed by atoms with Crippen LogP contribution in [0, 0.1) is 0 Å². The lowest BCUT2D eigenvalue weighted by Gasteiger charge is -2.01. The Labute approximate surface area is 140 Å². The summed E-state index contributed by atoms with van der Waals surface area (Å²) in [6.07, 6.45) is 0. The molecular formula is C18H12N2O3S. The van der Waals surface area contributed by atoms with E-state index in [4.69, 9.17) is 0 Å². The Hall–Kier alpha value is -3.12. The molecule has 4 rings (SSSR count). The number of aromatic hydroxyl groups is 2. The molecule has 3 N–H and O–H groups in total. The molecule has 5 nitrogen and oxygen atoms in total. The van der Waals surface area contributed by atoms with Crippen molar-refractivity contribution in [3.8, 4) is 33.3 Å². The zero-order valence-corrected chi connectivity index (χ0v) is 13.2. The van der Waals surface area contributed by atoms with Crippen LogP contribution in [-0.4, -0.2) is 20.2 Å². The Morgan fingerprint density at radius 2 is 1.83 bits per heavy atom. The number of pyridine rings is 1. The molecule has 0 aliphatic carbocycles. The van der Waals surface area contributed by atoms with Crippen molar-refractivity contribution in [2.75, 3.05) is 0 Å². The van der Waals surface area contributed by atoms with E-state index in [1.165, 1.54) is 23.5 Å². The van der Waals surface area contributed by atoms with Crippen LogP contribution in [0.25, 0.3) is 32.7 Å². The number of fused-ring (bicyclic) bond motifs is 1. The van der Waals surface area contributed by atoms with E-state index in [1.54, 1.807) is 6.07 Å². The van der Waals surface area contributed by atoms with Gasteiger partial charge in [0.05, 0.1) is 11.3 Å². The molecule has 2 heterocycles. The van der Waals surface area contributed by atoms with E-state index >= 15 is 0 Å². The van der Waals surface area contributed by atoms with Crippen LogP contribution in [0.3, 0.4) is 0 Å². The van der Waals surface area contributed by atoms with Gasteiger partial charge in [-0.2, -0.15) is 0 Å². The summed E-state index contributed by atoms with van der Waals surface area (Å²) < 4.78 is 0. The minimum atomic E-state index is -0.203. The molecule has 118 valence electrons. The van der Waals surface area contributed by atoms with Crippen LogP contribution in [0.4, 0.5) is 0 Å². The highest BCUT2D eigenvalue weighted by molar-refractivity contribution is 7.13. The highest BCUT2D eigenvalue weighted by atomic mass is 32.1. The van der Waals surface area contributed by atoms with E-state index in [0.29, 0.717) is 21.8 Å². The van der Waals surface area contributed by atoms with Gasteiger partial charge in [-0.15, -0.1) is 11.3 Å². The Morgan fingerprint density at radius 1 is 1.00 bits per heavy atom. The van der Waals surface area contributed by atoms with Crippen molar-refractivity contribution < 1.29 is 10.2 Å². The SMILES string of the molecule is O=c1[nH]c2ccccc2cc1-c1nc(-c2ccc(O)c(O)c2)cs1. The van der Waals surface area contributed by atoms with Crippen LogP contribution >= 0.6 is 11.3 Å². The maximum Gasteiger partial charge on any atom is 0.258 e. The van der Waals surface area contributed by atoms with Crippen molar-refractivity contribution in [3.63, 3.8) is 0 Å². The summed E-state index contributed by atoms with van der Waals surface area (Å²) >= 11 is 1.36. The average Bonchev–Trinajstić information content (AvgIpc) is 3.06. The molecule has 0 aliphatic heterocycles. The second-order valence-electron chi connectivity index (χ2n) is 5.34. The smallest absolute Gasteiger partial charge is 0.258 e. The molecular weight excluding hydrogens is 324 g/mol.